The predicted molar refractivity (Wildman–Crippen MR) is 60.0 cm³/mol. The molecule has 5 nitrogen and oxygen atoms in total. The molecule has 2 fully saturated rings. The number of likely N-dealkylation sites (N-methyl/N-ethyl adjacent to an activating group) is 1. The summed E-state index contributed by atoms with van der Waals surface area (Å²) in [6.45, 7) is 0.214. The summed E-state index contributed by atoms with van der Waals surface area (Å²) >= 11 is 0. The van der Waals surface area contributed by atoms with E-state index >= 15 is 0 Å². The van der Waals surface area contributed by atoms with Gasteiger partial charge in [-0.05, 0) is 24.7 Å². The molecule has 0 heterocycles. The molecule has 0 aromatic rings. The van der Waals surface area contributed by atoms with Gasteiger partial charge >= 0.3 is 0 Å². The van der Waals surface area contributed by atoms with E-state index in [1.54, 1.807) is 11.9 Å². The molecule has 90 valence electrons. The van der Waals surface area contributed by atoms with Gasteiger partial charge in [0.1, 0.15) is 0 Å². The van der Waals surface area contributed by atoms with Crippen LogP contribution in [0.25, 0.3) is 0 Å². The molecule has 3 N–H and O–H groups in total. The first-order valence-corrected chi connectivity index (χ1v) is 5.86. The largest absolute Gasteiger partial charge is 0.409 e. The smallest absolute Gasteiger partial charge is 0.226 e. The summed E-state index contributed by atoms with van der Waals surface area (Å²) in [6, 6.07) is 0. The average Bonchev–Trinajstić information content (AvgIpc) is 3.01. The molecular weight excluding hydrogens is 206 g/mol. The van der Waals surface area contributed by atoms with Crippen LogP contribution in [0.5, 0.6) is 0 Å². The Labute approximate surface area is 95.3 Å². The zero-order valence-corrected chi connectivity index (χ0v) is 9.59. The van der Waals surface area contributed by atoms with Crippen molar-refractivity contribution in [2.24, 2.45) is 28.6 Å². The van der Waals surface area contributed by atoms with Gasteiger partial charge in [-0.15, -0.1) is 0 Å². The molecular formula is C11H19N3O2. The SMILES string of the molecule is CN(CC(N)=NO)C(=O)C1C2CCCCC21. The number of amidine groups is 1. The molecule has 5 heteroatoms. The van der Waals surface area contributed by atoms with Crippen LogP contribution >= 0.6 is 0 Å². The highest BCUT2D eigenvalue weighted by atomic mass is 16.4. The van der Waals surface area contributed by atoms with Crippen molar-refractivity contribution in [1.82, 2.24) is 4.90 Å². The van der Waals surface area contributed by atoms with Gasteiger partial charge in [0.25, 0.3) is 0 Å². The zero-order chi connectivity index (χ0) is 11.7. The molecule has 2 aliphatic rings. The molecule has 2 atom stereocenters. The summed E-state index contributed by atoms with van der Waals surface area (Å²) < 4.78 is 0. The van der Waals surface area contributed by atoms with Crippen LogP contribution in [-0.2, 0) is 4.79 Å². The van der Waals surface area contributed by atoms with E-state index in [-0.39, 0.29) is 24.2 Å². The van der Waals surface area contributed by atoms with Crippen molar-refractivity contribution >= 4 is 11.7 Å². The minimum Gasteiger partial charge on any atom is -0.409 e. The lowest BCUT2D eigenvalue weighted by Crippen LogP contribution is -2.36. The Hall–Kier alpha value is -1.26. The Morgan fingerprint density at radius 3 is 2.50 bits per heavy atom. The van der Waals surface area contributed by atoms with Gasteiger partial charge in [0, 0.05) is 13.0 Å². The minimum atomic E-state index is 0.0828. The Kier molecular flexibility index (Phi) is 3.03. The van der Waals surface area contributed by atoms with Crippen LogP contribution in [0.3, 0.4) is 0 Å². The Bertz CT molecular complexity index is 304. The first-order chi connectivity index (χ1) is 7.65. The lowest BCUT2D eigenvalue weighted by atomic mass is 10.0. The highest BCUT2D eigenvalue weighted by Crippen LogP contribution is 2.55. The summed E-state index contributed by atoms with van der Waals surface area (Å²) in [5.41, 5.74) is 5.38. The molecule has 1 amide bonds. The van der Waals surface area contributed by atoms with E-state index in [4.69, 9.17) is 10.9 Å². The number of nitrogens with two attached hydrogens (primary N) is 1. The third-order valence-electron chi connectivity index (χ3n) is 3.85. The van der Waals surface area contributed by atoms with Crippen molar-refractivity contribution < 1.29 is 10.0 Å². The highest BCUT2D eigenvalue weighted by molar-refractivity contribution is 5.89. The Morgan fingerprint density at radius 2 is 2.00 bits per heavy atom. The van der Waals surface area contributed by atoms with E-state index in [9.17, 15) is 4.79 Å². The van der Waals surface area contributed by atoms with Gasteiger partial charge in [-0.3, -0.25) is 4.79 Å². The molecule has 2 saturated carbocycles. The summed E-state index contributed by atoms with van der Waals surface area (Å²) in [7, 11) is 1.71. The molecule has 0 aliphatic heterocycles. The maximum Gasteiger partial charge on any atom is 0.226 e. The zero-order valence-electron chi connectivity index (χ0n) is 9.59. The average molecular weight is 225 g/mol. The molecule has 2 unspecified atom stereocenters. The second-order valence-electron chi connectivity index (χ2n) is 4.92. The molecule has 2 rings (SSSR count). The Morgan fingerprint density at radius 1 is 1.44 bits per heavy atom. The molecule has 0 spiro atoms. The van der Waals surface area contributed by atoms with Gasteiger partial charge in [-0.2, -0.15) is 0 Å². The van der Waals surface area contributed by atoms with Crippen LogP contribution < -0.4 is 5.73 Å². The van der Waals surface area contributed by atoms with Crippen molar-refractivity contribution in [3.8, 4) is 0 Å². The number of amides is 1. The lowest BCUT2D eigenvalue weighted by molar-refractivity contribution is -0.131. The van der Waals surface area contributed by atoms with Crippen LogP contribution in [0.1, 0.15) is 25.7 Å². The molecule has 0 aromatic heterocycles. The Balaban J connectivity index is 1.88. The number of nitrogens with zero attached hydrogens (tertiary/aromatic N) is 2. The van der Waals surface area contributed by atoms with E-state index in [0.29, 0.717) is 11.8 Å². The van der Waals surface area contributed by atoms with Gasteiger partial charge in [-0.25, -0.2) is 0 Å². The number of rotatable bonds is 3. The van der Waals surface area contributed by atoms with Crippen LogP contribution in [0.15, 0.2) is 5.16 Å². The minimum absolute atomic E-state index is 0.0828. The van der Waals surface area contributed by atoms with Gasteiger partial charge < -0.3 is 15.8 Å². The summed E-state index contributed by atoms with van der Waals surface area (Å²) in [6.07, 6.45) is 4.90. The molecule has 0 saturated heterocycles. The fraction of sp³-hybridized carbons (Fsp3) is 0.818. The van der Waals surface area contributed by atoms with Crippen LogP contribution in [0.4, 0.5) is 0 Å². The molecule has 0 aromatic carbocycles. The topological polar surface area (TPSA) is 78.9 Å². The number of fused-ring (bicyclic) bond motifs is 1. The first kappa shape index (κ1) is 11.2. The van der Waals surface area contributed by atoms with Crippen LogP contribution in [0, 0.1) is 17.8 Å². The van der Waals surface area contributed by atoms with Gasteiger partial charge in [0.2, 0.25) is 5.91 Å². The summed E-state index contributed by atoms with van der Waals surface area (Å²) in [5.74, 6) is 1.66. The van der Waals surface area contributed by atoms with E-state index in [1.165, 1.54) is 25.7 Å². The molecule has 2 aliphatic carbocycles. The third kappa shape index (κ3) is 1.99. The van der Waals surface area contributed by atoms with E-state index in [0.717, 1.165) is 0 Å². The lowest BCUT2D eigenvalue weighted by Gasteiger charge is -2.16. The fourth-order valence-corrected chi connectivity index (χ4v) is 2.97. The number of carbonyl (C=O) groups excluding carboxylic acids is 1. The number of hydrogen-bond donors (Lipinski definition) is 2. The van der Waals surface area contributed by atoms with E-state index < -0.39 is 0 Å². The van der Waals surface area contributed by atoms with E-state index in [1.807, 2.05) is 0 Å². The van der Waals surface area contributed by atoms with Crippen molar-refractivity contribution in [1.29, 1.82) is 0 Å². The normalized spacial score (nSPS) is 33.1. The van der Waals surface area contributed by atoms with Crippen molar-refractivity contribution in [2.75, 3.05) is 13.6 Å². The number of oxime groups is 1. The maximum absolute atomic E-state index is 12.1. The molecule has 0 radical (unpaired) electrons. The van der Waals surface area contributed by atoms with Crippen molar-refractivity contribution in [2.45, 2.75) is 25.7 Å². The summed E-state index contributed by atoms with van der Waals surface area (Å²) in [5, 5.41) is 11.3. The van der Waals surface area contributed by atoms with Gasteiger partial charge in [0.05, 0.1) is 6.54 Å². The van der Waals surface area contributed by atoms with Crippen molar-refractivity contribution in [3.63, 3.8) is 0 Å². The van der Waals surface area contributed by atoms with E-state index in [2.05, 4.69) is 5.16 Å². The maximum atomic E-state index is 12.1. The van der Waals surface area contributed by atoms with Crippen LogP contribution in [0.2, 0.25) is 0 Å². The first-order valence-electron chi connectivity index (χ1n) is 5.86. The number of carbonyl (C=O) groups is 1. The van der Waals surface area contributed by atoms with Gasteiger partial charge in [0.15, 0.2) is 5.84 Å². The monoisotopic (exact) mass is 225 g/mol. The van der Waals surface area contributed by atoms with Crippen molar-refractivity contribution in [3.05, 3.63) is 0 Å². The standard InChI is InChI=1S/C11H19N3O2/c1-14(6-9(12)13-16)11(15)10-7-4-2-3-5-8(7)10/h7-8,10,16H,2-6H2,1H3,(H2,12,13). The molecule has 0 bridgehead atoms. The summed E-state index contributed by atoms with van der Waals surface area (Å²) in [4.78, 5) is 13.6. The third-order valence-corrected chi connectivity index (χ3v) is 3.85. The van der Waals surface area contributed by atoms with Crippen LogP contribution in [-0.4, -0.2) is 35.4 Å². The number of hydrogen-bond acceptors (Lipinski definition) is 3. The van der Waals surface area contributed by atoms with Gasteiger partial charge in [-0.1, -0.05) is 18.0 Å². The molecule has 16 heavy (non-hydrogen) atoms. The predicted octanol–water partition coefficient (Wildman–Crippen LogP) is 0.627. The fourth-order valence-electron chi connectivity index (χ4n) is 2.97. The second kappa shape index (κ2) is 4.31. The second-order valence-corrected chi connectivity index (χ2v) is 4.92. The highest BCUT2D eigenvalue weighted by Gasteiger charge is 2.55. The quantitative estimate of drug-likeness (QED) is 0.320.